The fraction of sp³-hybridized carbons (Fsp3) is 0.286. The van der Waals surface area contributed by atoms with Gasteiger partial charge in [-0.2, -0.15) is 9.40 Å². The van der Waals surface area contributed by atoms with Crippen LogP contribution in [0.5, 0.6) is 5.75 Å². The Balaban J connectivity index is 1.49. The Kier molecular flexibility index (Phi) is 5.50. The molecule has 1 aliphatic rings. The van der Waals surface area contributed by atoms with E-state index in [4.69, 9.17) is 0 Å². The zero-order chi connectivity index (χ0) is 22.2. The average Bonchev–Trinajstić information content (AvgIpc) is 3.16. The maximum Gasteiger partial charge on any atom is 0.257 e. The molecule has 3 aromatic rings. The molecular weight excluding hydrogens is 418 g/mol. The Morgan fingerprint density at radius 2 is 1.81 bits per heavy atom. The lowest BCUT2D eigenvalue weighted by molar-refractivity contribution is 0.0697. The highest BCUT2D eigenvalue weighted by molar-refractivity contribution is 7.89. The quantitative estimate of drug-likeness (QED) is 0.661. The number of benzene rings is 1. The highest BCUT2D eigenvalue weighted by Gasteiger charge is 2.33. The molecule has 0 spiro atoms. The van der Waals surface area contributed by atoms with Gasteiger partial charge in [-0.1, -0.05) is 12.1 Å². The van der Waals surface area contributed by atoms with Gasteiger partial charge in [0.2, 0.25) is 10.0 Å². The molecule has 0 atom stereocenters. The number of hydrogen-bond acceptors (Lipinski definition) is 6. The molecule has 1 aliphatic heterocycles. The van der Waals surface area contributed by atoms with E-state index in [1.807, 2.05) is 6.07 Å². The minimum Gasteiger partial charge on any atom is -0.507 e. The number of nitrogens with zero attached hydrogens (tertiary/aromatic N) is 5. The van der Waals surface area contributed by atoms with Crippen molar-refractivity contribution in [3.8, 4) is 11.6 Å². The number of carbonyl (C=O) groups is 1. The molecule has 1 saturated heterocycles. The maximum atomic E-state index is 13.0. The third-order valence-electron chi connectivity index (χ3n) is 5.37. The number of pyridine rings is 1. The van der Waals surface area contributed by atoms with E-state index in [2.05, 4.69) is 10.1 Å². The lowest BCUT2D eigenvalue weighted by Crippen LogP contribution is -2.50. The van der Waals surface area contributed by atoms with Gasteiger partial charge in [0.1, 0.15) is 10.6 Å². The predicted molar refractivity (Wildman–Crippen MR) is 114 cm³/mol. The number of sulfonamides is 1. The molecular formula is C21H23N5O4S. The molecule has 4 rings (SSSR count). The molecule has 0 unspecified atom stereocenters. The van der Waals surface area contributed by atoms with Gasteiger partial charge in [0.05, 0.1) is 17.5 Å². The van der Waals surface area contributed by atoms with Crippen molar-refractivity contribution in [1.82, 2.24) is 24.0 Å². The van der Waals surface area contributed by atoms with Gasteiger partial charge in [0.25, 0.3) is 5.91 Å². The SMILES string of the molecule is Cc1ccc(O)c(S(=O)(=O)N2CCN(C(=O)c3cnn(-c4ccccn4)c3C)CC2)c1. The molecule has 0 aliphatic carbocycles. The summed E-state index contributed by atoms with van der Waals surface area (Å²) in [4.78, 5) is 18.8. The standard InChI is InChI=1S/C21H23N5O4S/c1-15-6-7-18(27)19(13-15)31(29,30)25-11-9-24(10-12-25)21(28)17-14-23-26(16(17)2)20-5-3-4-8-22-20/h3-8,13-14,27H,9-12H2,1-2H3. The van der Waals surface area contributed by atoms with Crippen LogP contribution in [0.2, 0.25) is 0 Å². The van der Waals surface area contributed by atoms with E-state index in [1.54, 1.807) is 47.8 Å². The Morgan fingerprint density at radius 3 is 2.48 bits per heavy atom. The first-order valence-corrected chi connectivity index (χ1v) is 11.3. The topological polar surface area (TPSA) is 109 Å². The van der Waals surface area contributed by atoms with Gasteiger partial charge >= 0.3 is 0 Å². The van der Waals surface area contributed by atoms with Crippen molar-refractivity contribution < 1.29 is 18.3 Å². The van der Waals surface area contributed by atoms with Crippen LogP contribution < -0.4 is 0 Å². The van der Waals surface area contributed by atoms with E-state index in [-0.39, 0.29) is 42.7 Å². The highest BCUT2D eigenvalue weighted by atomic mass is 32.2. The van der Waals surface area contributed by atoms with Gasteiger partial charge in [-0.3, -0.25) is 4.79 Å². The lowest BCUT2D eigenvalue weighted by atomic mass is 10.2. The summed E-state index contributed by atoms with van der Waals surface area (Å²) in [5.74, 6) is 0.143. The van der Waals surface area contributed by atoms with Crippen molar-refractivity contribution in [1.29, 1.82) is 0 Å². The van der Waals surface area contributed by atoms with Gasteiger partial charge in [-0.25, -0.2) is 18.1 Å². The molecule has 9 nitrogen and oxygen atoms in total. The molecule has 1 aromatic carbocycles. The van der Waals surface area contributed by atoms with Crippen molar-refractivity contribution in [3.63, 3.8) is 0 Å². The maximum absolute atomic E-state index is 13.0. The van der Waals surface area contributed by atoms with Crippen molar-refractivity contribution in [3.05, 3.63) is 65.6 Å². The average molecular weight is 442 g/mol. The van der Waals surface area contributed by atoms with Crippen LogP contribution in [0.3, 0.4) is 0 Å². The van der Waals surface area contributed by atoms with Crippen LogP contribution >= 0.6 is 0 Å². The lowest BCUT2D eigenvalue weighted by Gasteiger charge is -2.34. The largest absolute Gasteiger partial charge is 0.507 e. The summed E-state index contributed by atoms with van der Waals surface area (Å²) < 4.78 is 28.8. The number of phenols is 1. The monoisotopic (exact) mass is 441 g/mol. The Bertz CT molecular complexity index is 1220. The Labute approximate surface area is 180 Å². The molecule has 2 aromatic heterocycles. The molecule has 1 amide bonds. The van der Waals surface area contributed by atoms with Crippen LogP contribution in [0.1, 0.15) is 21.6 Å². The van der Waals surface area contributed by atoms with E-state index in [9.17, 15) is 18.3 Å². The smallest absolute Gasteiger partial charge is 0.257 e. The van der Waals surface area contributed by atoms with Crippen LogP contribution in [-0.4, -0.2) is 69.6 Å². The molecule has 1 N–H and O–H groups in total. The molecule has 162 valence electrons. The zero-order valence-electron chi connectivity index (χ0n) is 17.3. The summed E-state index contributed by atoms with van der Waals surface area (Å²) in [6, 6.07) is 9.94. The fourth-order valence-electron chi connectivity index (χ4n) is 3.60. The van der Waals surface area contributed by atoms with E-state index in [1.165, 1.54) is 22.6 Å². The van der Waals surface area contributed by atoms with Crippen molar-refractivity contribution >= 4 is 15.9 Å². The molecule has 0 saturated carbocycles. The Morgan fingerprint density at radius 1 is 1.06 bits per heavy atom. The molecule has 1 fully saturated rings. The summed E-state index contributed by atoms with van der Waals surface area (Å²) in [6.07, 6.45) is 3.17. The third kappa shape index (κ3) is 3.91. The second-order valence-electron chi connectivity index (χ2n) is 7.41. The summed E-state index contributed by atoms with van der Waals surface area (Å²) in [5, 5.41) is 14.3. The number of phenolic OH excluding ortho intramolecular Hbond substituents is 1. The molecule has 0 bridgehead atoms. The normalized spacial score (nSPS) is 15.2. The highest BCUT2D eigenvalue weighted by Crippen LogP contribution is 2.27. The van der Waals surface area contributed by atoms with E-state index in [0.717, 1.165) is 5.56 Å². The van der Waals surface area contributed by atoms with E-state index >= 15 is 0 Å². The molecule has 0 radical (unpaired) electrons. The minimum atomic E-state index is -3.85. The van der Waals surface area contributed by atoms with Crippen LogP contribution in [-0.2, 0) is 10.0 Å². The summed E-state index contributed by atoms with van der Waals surface area (Å²) >= 11 is 0. The summed E-state index contributed by atoms with van der Waals surface area (Å²) in [7, 11) is -3.85. The van der Waals surface area contributed by atoms with E-state index in [0.29, 0.717) is 17.1 Å². The first kappa shape index (κ1) is 21.0. The van der Waals surface area contributed by atoms with Crippen molar-refractivity contribution in [2.75, 3.05) is 26.2 Å². The molecule has 3 heterocycles. The number of aryl methyl sites for hydroxylation is 1. The van der Waals surface area contributed by atoms with Gasteiger partial charge in [-0.05, 0) is 43.7 Å². The third-order valence-corrected chi connectivity index (χ3v) is 7.29. The first-order valence-electron chi connectivity index (χ1n) is 9.84. The van der Waals surface area contributed by atoms with Crippen molar-refractivity contribution in [2.24, 2.45) is 0 Å². The fourth-order valence-corrected chi connectivity index (χ4v) is 5.19. The number of piperazine rings is 1. The number of rotatable bonds is 4. The number of hydrogen-bond donors (Lipinski definition) is 1. The predicted octanol–water partition coefficient (Wildman–Crippen LogP) is 1.74. The molecule has 10 heteroatoms. The van der Waals surface area contributed by atoms with Crippen LogP contribution in [0.4, 0.5) is 0 Å². The van der Waals surface area contributed by atoms with E-state index < -0.39 is 10.0 Å². The number of aromatic nitrogens is 3. The van der Waals surface area contributed by atoms with Crippen LogP contribution in [0, 0.1) is 13.8 Å². The van der Waals surface area contributed by atoms with Gasteiger partial charge < -0.3 is 10.0 Å². The van der Waals surface area contributed by atoms with Gasteiger partial charge in [-0.15, -0.1) is 0 Å². The van der Waals surface area contributed by atoms with Crippen molar-refractivity contribution in [2.45, 2.75) is 18.7 Å². The minimum absolute atomic E-state index is 0.111. The second-order valence-corrected chi connectivity index (χ2v) is 9.32. The van der Waals surface area contributed by atoms with Crippen LogP contribution in [0.25, 0.3) is 5.82 Å². The van der Waals surface area contributed by atoms with Gasteiger partial charge in [0.15, 0.2) is 5.82 Å². The Hall–Kier alpha value is -3.24. The number of carbonyl (C=O) groups excluding carboxylic acids is 1. The first-order chi connectivity index (χ1) is 14.8. The number of amides is 1. The second kappa shape index (κ2) is 8.12. The summed E-state index contributed by atoms with van der Waals surface area (Å²) in [6.45, 7) is 4.36. The number of aromatic hydroxyl groups is 1. The van der Waals surface area contributed by atoms with Crippen LogP contribution in [0.15, 0.2) is 53.7 Å². The summed E-state index contributed by atoms with van der Waals surface area (Å²) in [5.41, 5.74) is 1.87. The van der Waals surface area contributed by atoms with Gasteiger partial charge in [0, 0.05) is 32.4 Å². The zero-order valence-corrected chi connectivity index (χ0v) is 18.1. The molecule has 31 heavy (non-hydrogen) atoms.